The first-order valence-electron chi connectivity index (χ1n) is 6.74. The van der Waals surface area contributed by atoms with Gasteiger partial charge in [-0.15, -0.1) is 23.5 Å². The van der Waals surface area contributed by atoms with Gasteiger partial charge in [-0.2, -0.15) is 0 Å². The molecule has 2 rings (SSSR count). The van der Waals surface area contributed by atoms with E-state index in [2.05, 4.69) is 0 Å². The Morgan fingerprint density at radius 1 is 1.13 bits per heavy atom. The average Bonchev–Trinajstić information content (AvgIpc) is 3.06. The zero-order chi connectivity index (χ0) is 16.8. The lowest BCUT2D eigenvalue weighted by Crippen LogP contribution is -2.11. The highest BCUT2D eigenvalue weighted by Crippen LogP contribution is 2.39. The second-order valence-electron chi connectivity index (χ2n) is 4.48. The molecule has 1 aromatic rings. The maximum absolute atomic E-state index is 12.2. The molecule has 0 bridgehead atoms. The predicted octanol–water partition coefficient (Wildman–Crippen LogP) is 3.06. The van der Waals surface area contributed by atoms with Gasteiger partial charge in [0.2, 0.25) is 0 Å². The Morgan fingerprint density at radius 2 is 1.78 bits per heavy atom. The van der Waals surface area contributed by atoms with Crippen LogP contribution in [0, 0.1) is 0 Å². The number of hydrogen-bond donors (Lipinski definition) is 1. The summed E-state index contributed by atoms with van der Waals surface area (Å²) >= 11 is 2.82. The lowest BCUT2D eigenvalue weighted by Gasteiger charge is -2.07. The molecule has 23 heavy (non-hydrogen) atoms. The Labute approximate surface area is 142 Å². The highest BCUT2D eigenvalue weighted by molar-refractivity contribution is 8.25. The van der Waals surface area contributed by atoms with Crippen LogP contribution in [0.25, 0.3) is 6.08 Å². The number of carboxylic acid groups (broad SMARTS) is 1. The Hall–Kier alpha value is -1.86. The molecule has 0 amide bonds. The van der Waals surface area contributed by atoms with Crippen LogP contribution in [0.15, 0.2) is 34.1 Å². The number of hydrogen-bond acceptors (Lipinski definition) is 6. The number of benzene rings is 1. The fourth-order valence-electron chi connectivity index (χ4n) is 1.96. The summed E-state index contributed by atoms with van der Waals surface area (Å²) in [5.74, 6) is 1.07. The van der Waals surface area contributed by atoms with Crippen molar-refractivity contribution in [2.45, 2.75) is 0 Å². The van der Waals surface area contributed by atoms with Crippen LogP contribution in [-0.2, 0) is 9.59 Å². The normalized spacial score (nSPS) is 14.1. The SMILES string of the molecule is COc1ccc(/C=C/C(=O)C(C(=O)O)=C2SCCS2)cc1OC. The van der Waals surface area contributed by atoms with Crippen molar-refractivity contribution in [3.63, 3.8) is 0 Å². The number of rotatable bonds is 6. The standard InChI is InChI=1S/C16H16O5S2/c1-20-12-6-4-10(9-13(12)21-2)3-5-11(17)14(15(18)19)16-22-7-8-23-16/h3-6,9H,7-8H2,1-2H3,(H,18,19)/b5-3+. The molecule has 0 saturated carbocycles. The van der Waals surface area contributed by atoms with Crippen molar-refractivity contribution in [2.75, 3.05) is 25.7 Å². The van der Waals surface area contributed by atoms with Gasteiger partial charge < -0.3 is 14.6 Å². The van der Waals surface area contributed by atoms with Crippen molar-refractivity contribution in [3.8, 4) is 11.5 Å². The third-order valence-corrected chi connectivity index (χ3v) is 5.76. The molecule has 5 nitrogen and oxygen atoms in total. The van der Waals surface area contributed by atoms with Gasteiger partial charge in [0.05, 0.1) is 18.5 Å². The van der Waals surface area contributed by atoms with E-state index < -0.39 is 11.8 Å². The topological polar surface area (TPSA) is 72.8 Å². The van der Waals surface area contributed by atoms with Gasteiger partial charge in [0.1, 0.15) is 5.57 Å². The average molecular weight is 352 g/mol. The van der Waals surface area contributed by atoms with Crippen LogP contribution in [0.1, 0.15) is 5.56 Å². The molecule has 0 aromatic heterocycles. The lowest BCUT2D eigenvalue weighted by molar-refractivity contribution is -0.134. The first-order valence-corrected chi connectivity index (χ1v) is 8.71. The molecule has 0 spiro atoms. The quantitative estimate of drug-likeness (QED) is 0.479. The van der Waals surface area contributed by atoms with Crippen molar-refractivity contribution in [3.05, 3.63) is 39.6 Å². The number of aliphatic carboxylic acids is 1. The molecule has 1 saturated heterocycles. The second kappa shape index (κ2) is 8.12. The van der Waals surface area contributed by atoms with Crippen LogP contribution in [-0.4, -0.2) is 42.6 Å². The summed E-state index contributed by atoms with van der Waals surface area (Å²) in [7, 11) is 3.07. The van der Waals surface area contributed by atoms with Crippen LogP contribution in [0.5, 0.6) is 11.5 Å². The van der Waals surface area contributed by atoms with Gasteiger partial charge in [0.25, 0.3) is 0 Å². The van der Waals surface area contributed by atoms with Crippen LogP contribution < -0.4 is 9.47 Å². The number of ether oxygens (including phenoxy) is 2. The molecule has 0 atom stereocenters. The molecule has 1 aromatic carbocycles. The largest absolute Gasteiger partial charge is 0.493 e. The Morgan fingerprint density at radius 3 is 2.35 bits per heavy atom. The van der Waals surface area contributed by atoms with E-state index in [9.17, 15) is 14.7 Å². The zero-order valence-electron chi connectivity index (χ0n) is 12.7. The van der Waals surface area contributed by atoms with Crippen LogP contribution in [0.2, 0.25) is 0 Å². The summed E-state index contributed by atoms with van der Waals surface area (Å²) in [6.45, 7) is 0. The summed E-state index contributed by atoms with van der Waals surface area (Å²) in [6, 6.07) is 5.20. The zero-order valence-corrected chi connectivity index (χ0v) is 14.3. The van der Waals surface area contributed by atoms with Crippen molar-refractivity contribution >= 4 is 41.4 Å². The Kier molecular flexibility index (Phi) is 6.18. The molecular formula is C16H16O5S2. The minimum atomic E-state index is -1.19. The van der Waals surface area contributed by atoms with Gasteiger partial charge in [-0.25, -0.2) is 4.79 Å². The number of methoxy groups -OCH3 is 2. The second-order valence-corrected chi connectivity index (χ2v) is 6.95. The molecule has 0 aliphatic carbocycles. The fourth-order valence-corrected chi connectivity index (χ4v) is 4.50. The van der Waals surface area contributed by atoms with E-state index in [-0.39, 0.29) is 5.57 Å². The number of thioether (sulfide) groups is 2. The van der Waals surface area contributed by atoms with Crippen LogP contribution in [0.4, 0.5) is 0 Å². The Balaban J connectivity index is 2.23. The molecular weight excluding hydrogens is 336 g/mol. The van der Waals surface area contributed by atoms with Crippen molar-refractivity contribution in [2.24, 2.45) is 0 Å². The van der Waals surface area contributed by atoms with Crippen LogP contribution in [0.3, 0.4) is 0 Å². The number of ketones is 1. The minimum absolute atomic E-state index is 0.158. The monoisotopic (exact) mass is 352 g/mol. The van der Waals surface area contributed by atoms with Gasteiger partial charge in [-0.05, 0) is 23.8 Å². The number of carbonyl (C=O) groups is 2. The molecule has 1 fully saturated rings. The molecule has 1 aliphatic rings. The highest BCUT2D eigenvalue weighted by atomic mass is 32.2. The lowest BCUT2D eigenvalue weighted by atomic mass is 10.1. The molecule has 1 heterocycles. The number of allylic oxidation sites excluding steroid dienone is 1. The fraction of sp³-hybridized carbons (Fsp3) is 0.250. The van der Waals surface area contributed by atoms with Crippen molar-refractivity contribution in [1.82, 2.24) is 0 Å². The van der Waals surface area contributed by atoms with Gasteiger partial charge in [0, 0.05) is 11.5 Å². The van der Waals surface area contributed by atoms with Gasteiger partial charge >= 0.3 is 5.97 Å². The molecule has 1 aliphatic heterocycles. The van der Waals surface area contributed by atoms with E-state index in [0.29, 0.717) is 15.7 Å². The van der Waals surface area contributed by atoms with E-state index in [1.807, 2.05) is 0 Å². The van der Waals surface area contributed by atoms with E-state index in [0.717, 1.165) is 17.1 Å². The minimum Gasteiger partial charge on any atom is -0.493 e. The van der Waals surface area contributed by atoms with E-state index >= 15 is 0 Å². The van der Waals surface area contributed by atoms with Crippen molar-refractivity contribution < 1.29 is 24.2 Å². The molecule has 0 radical (unpaired) electrons. The maximum atomic E-state index is 12.2. The summed E-state index contributed by atoms with van der Waals surface area (Å²) in [6.07, 6.45) is 2.84. The summed E-state index contributed by atoms with van der Waals surface area (Å²) in [4.78, 5) is 23.6. The Bertz CT molecular complexity index is 671. The molecule has 0 unspecified atom stereocenters. The highest BCUT2D eigenvalue weighted by Gasteiger charge is 2.24. The summed E-state index contributed by atoms with van der Waals surface area (Å²) in [5, 5.41) is 9.28. The molecule has 1 N–H and O–H groups in total. The first-order chi connectivity index (χ1) is 11.1. The molecule has 7 heteroatoms. The summed E-state index contributed by atoms with van der Waals surface area (Å²) < 4.78 is 10.9. The van der Waals surface area contributed by atoms with E-state index in [1.165, 1.54) is 36.7 Å². The first kappa shape index (κ1) is 17.5. The third kappa shape index (κ3) is 4.33. The van der Waals surface area contributed by atoms with Gasteiger partial charge in [0.15, 0.2) is 17.3 Å². The number of carbonyl (C=O) groups excluding carboxylic acids is 1. The van der Waals surface area contributed by atoms with E-state index in [4.69, 9.17) is 9.47 Å². The van der Waals surface area contributed by atoms with Gasteiger partial charge in [-0.1, -0.05) is 12.1 Å². The maximum Gasteiger partial charge on any atom is 0.341 e. The van der Waals surface area contributed by atoms with Crippen LogP contribution >= 0.6 is 23.5 Å². The predicted molar refractivity (Wildman–Crippen MR) is 93.2 cm³/mol. The number of carboxylic acids is 1. The third-order valence-electron chi connectivity index (χ3n) is 3.05. The van der Waals surface area contributed by atoms with E-state index in [1.54, 1.807) is 31.4 Å². The van der Waals surface area contributed by atoms with Crippen molar-refractivity contribution in [1.29, 1.82) is 0 Å². The summed E-state index contributed by atoms with van der Waals surface area (Å²) in [5.41, 5.74) is 0.562. The smallest absolute Gasteiger partial charge is 0.341 e. The van der Waals surface area contributed by atoms with Gasteiger partial charge in [-0.3, -0.25) is 4.79 Å². The molecule has 122 valence electrons.